The van der Waals surface area contributed by atoms with Gasteiger partial charge in [0.05, 0.1) is 0 Å². The number of phenols is 2. The first-order chi connectivity index (χ1) is 14.5. The van der Waals surface area contributed by atoms with Crippen molar-refractivity contribution >= 4 is 21.5 Å². The molecule has 0 aliphatic carbocycles. The molecule has 0 unspecified atom stereocenters. The Kier molecular flexibility index (Phi) is 4.22. The summed E-state index contributed by atoms with van der Waals surface area (Å²) in [5, 5.41) is 25.1. The summed E-state index contributed by atoms with van der Waals surface area (Å²) in [5.41, 5.74) is 6.47. The number of aromatic hydroxyl groups is 2. The van der Waals surface area contributed by atoms with Crippen molar-refractivity contribution in [2.24, 2.45) is 0 Å². The summed E-state index contributed by atoms with van der Waals surface area (Å²) >= 11 is 0. The van der Waals surface area contributed by atoms with Crippen LogP contribution in [0.25, 0.3) is 43.8 Å². The van der Waals surface area contributed by atoms with E-state index in [-0.39, 0.29) is 11.5 Å². The molecule has 0 atom stereocenters. The van der Waals surface area contributed by atoms with E-state index in [4.69, 9.17) is 0 Å². The number of fused-ring (bicyclic) bond motifs is 2. The van der Waals surface area contributed by atoms with Gasteiger partial charge in [-0.1, -0.05) is 83.9 Å². The zero-order chi connectivity index (χ0) is 20.8. The van der Waals surface area contributed by atoms with E-state index in [1.165, 1.54) is 11.1 Å². The molecular weight excluding hydrogens is 368 g/mol. The zero-order valence-electron chi connectivity index (χ0n) is 17.0. The van der Waals surface area contributed by atoms with E-state index in [1.54, 1.807) is 6.07 Å². The van der Waals surface area contributed by atoms with Crippen LogP contribution >= 0.6 is 0 Å². The minimum Gasteiger partial charge on any atom is -0.504 e. The molecule has 30 heavy (non-hydrogen) atoms. The van der Waals surface area contributed by atoms with Crippen LogP contribution in [0.4, 0.5) is 0 Å². The van der Waals surface area contributed by atoms with Gasteiger partial charge in [0.25, 0.3) is 0 Å². The molecule has 0 heterocycles. The Morgan fingerprint density at radius 1 is 0.500 bits per heavy atom. The number of hydrogen-bond acceptors (Lipinski definition) is 2. The molecule has 0 radical (unpaired) electrons. The van der Waals surface area contributed by atoms with Crippen molar-refractivity contribution in [3.63, 3.8) is 0 Å². The zero-order valence-corrected chi connectivity index (χ0v) is 17.0. The molecule has 0 aliphatic heterocycles. The second kappa shape index (κ2) is 6.93. The van der Waals surface area contributed by atoms with Crippen LogP contribution < -0.4 is 0 Å². The molecule has 0 aliphatic rings. The molecule has 2 N–H and O–H groups in total. The number of hydrogen-bond donors (Lipinski definition) is 2. The SMILES string of the molecule is Cc1ccc(-c2c3ccccc3c(-c3ccc(C)cc3)c3c(O)c(O)ccc23)cc1. The molecule has 146 valence electrons. The molecule has 5 aromatic carbocycles. The van der Waals surface area contributed by atoms with Crippen molar-refractivity contribution in [3.05, 3.63) is 96.1 Å². The smallest absolute Gasteiger partial charge is 0.166 e. The van der Waals surface area contributed by atoms with Gasteiger partial charge in [-0.25, -0.2) is 0 Å². The number of aryl methyl sites for hydroxylation is 2. The third-order valence-electron chi connectivity index (χ3n) is 5.82. The fraction of sp³-hybridized carbons (Fsp3) is 0.0714. The van der Waals surface area contributed by atoms with Crippen LogP contribution in [0.5, 0.6) is 11.5 Å². The largest absolute Gasteiger partial charge is 0.504 e. The summed E-state index contributed by atoms with van der Waals surface area (Å²) in [4.78, 5) is 0. The van der Waals surface area contributed by atoms with Gasteiger partial charge >= 0.3 is 0 Å². The molecule has 2 nitrogen and oxygen atoms in total. The maximum Gasteiger partial charge on any atom is 0.166 e. The van der Waals surface area contributed by atoms with E-state index in [9.17, 15) is 10.2 Å². The third-order valence-corrected chi connectivity index (χ3v) is 5.82. The lowest BCUT2D eigenvalue weighted by Crippen LogP contribution is -1.92. The van der Waals surface area contributed by atoms with Crippen LogP contribution in [-0.4, -0.2) is 10.2 Å². The predicted octanol–water partition coefficient (Wildman–Crippen LogP) is 7.36. The van der Waals surface area contributed by atoms with Gasteiger partial charge < -0.3 is 10.2 Å². The van der Waals surface area contributed by atoms with Gasteiger partial charge in [-0.2, -0.15) is 0 Å². The number of phenolic OH excluding ortho intramolecular Hbond substituents is 2. The van der Waals surface area contributed by atoms with Crippen LogP contribution in [-0.2, 0) is 0 Å². The Balaban J connectivity index is 2.02. The van der Waals surface area contributed by atoms with E-state index >= 15 is 0 Å². The topological polar surface area (TPSA) is 40.5 Å². The van der Waals surface area contributed by atoms with Gasteiger partial charge in [0.1, 0.15) is 0 Å². The predicted molar refractivity (Wildman–Crippen MR) is 125 cm³/mol. The summed E-state index contributed by atoms with van der Waals surface area (Å²) in [6.45, 7) is 4.13. The molecular formula is C28H22O2. The second-order valence-corrected chi connectivity index (χ2v) is 7.88. The average Bonchev–Trinajstić information content (AvgIpc) is 2.76. The van der Waals surface area contributed by atoms with Crippen LogP contribution in [0.1, 0.15) is 11.1 Å². The summed E-state index contributed by atoms with van der Waals surface area (Å²) in [7, 11) is 0. The highest BCUT2D eigenvalue weighted by Crippen LogP contribution is 2.48. The summed E-state index contributed by atoms with van der Waals surface area (Å²) in [6.07, 6.45) is 0. The first-order valence-electron chi connectivity index (χ1n) is 10.1. The van der Waals surface area contributed by atoms with E-state index in [0.29, 0.717) is 5.39 Å². The fourth-order valence-electron chi connectivity index (χ4n) is 4.29. The average molecular weight is 390 g/mol. The van der Waals surface area contributed by atoms with Gasteiger partial charge in [-0.15, -0.1) is 0 Å². The Labute approximate surface area is 175 Å². The first kappa shape index (κ1) is 18.3. The minimum atomic E-state index is -0.110. The van der Waals surface area contributed by atoms with Gasteiger partial charge in [0.15, 0.2) is 11.5 Å². The third kappa shape index (κ3) is 2.81. The Hall–Kier alpha value is -3.78. The Bertz CT molecular complexity index is 1400. The van der Waals surface area contributed by atoms with Crippen molar-refractivity contribution in [2.45, 2.75) is 13.8 Å². The quantitative estimate of drug-likeness (QED) is 0.244. The van der Waals surface area contributed by atoms with E-state index < -0.39 is 0 Å². The first-order valence-corrected chi connectivity index (χ1v) is 10.1. The molecule has 0 spiro atoms. The van der Waals surface area contributed by atoms with E-state index in [2.05, 4.69) is 74.5 Å². The van der Waals surface area contributed by atoms with Crippen molar-refractivity contribution < 1.29 is 10.2 Å². The van der Waals surface area contributed by atoms with Gasteiger partial charge in [0.2, 0.25) is 0 Å². The molecule has 2 heteroatoms. The summed E-state index contributed by atoms with van der Waals surface area (Å²) in [5.74, 6) is -0.191. The molecule has 0 bridgehead atoms. The molecule has 0 saturated heterocycles. The second-order valence-electron chi connectivity index (χ2n) is 7.88. The van der Waals surface area contributed by atoms with Crippen molar-refractivity contribution in [1.29, 1.82) is 0 Å². The van der Waals surface area contributed by atoms with Gasteiger partial charge in [-0.05, 0) is 58.8 Å². The molecule has 0 amide bonds. The van der Waals surface area contributed by atoms with Crippen LogP contribution in [0.3, 0.4) is 0 Å². The highest BCUT2D eigenvalue weighted by Gasteiger charge is 2.20. The number of rotatable bonds is 2. The molecule has 0 aromatic heterocycles. The maximum atomic E-state index is 11.0. The van der Waals surface area contributed by atoms with E-state index in [1.807, 2.05) is 18.2 Å². The Morgan fingerprint density at radius 3 is 1.57 bits per heavy atom. The Morgan fingerprint density at radius 2 is 1.00 bits per heavy atom. The minimum absolute atomic E-state index is 0.0813. The van der Waals surface area contributed by atoms with Crippen LogP contribution in [0.2, 0.25) is 0 Å². The lowest BCUT2D eigenvalue weighted by atomic mass is 9.85. The highest BCUT2D eigenvalue weighted by molar-refractivity contribution is 6.23. The van der Waals surface area contributed by atoms with Gasteiger partial charge in [0, 0.05) is 10.9 Å². The summed E-state index contributed by atoms with van der Waals surface area (Å²) in [6, 6.07) is 28.5. The van der Waals surface area contributed by atoms with E-state index in [0.717, 1.165) is 38.4 Å². The lowest BCUT2D eigenvalue weighted by molar-refractivity contribution is 0.408. The van der Waals surface area contributed by atoms with Crippen molar-refractivity contribution in [1.82, 2.24) is 0 Å². The standard InChI is InChI=1S/C28H22O2/c1-17-7-11-19(12-8-17)25-21-5-3-4-6-22(21)26(20-13-9-18(2)10-14-20)27-23(25)15-16-24(29)28(27)30/h3-16,29-30H,1-2H3. The molecule has 5 aromatic rings. The molecule has 0 saturated carbocycles. The van der Waals surface area contributed by atoms with Crippen molar-refractivity contribution in [3.8, 4) is 33.8 Å². The lowest BCUT2D eigenvalue weighted by Gasteiger charge is -2.19. The van der Waals surface area contributed by atoms with Crippen LogP contribution in [0, 0.1) is 13.8 Å². The molecule has 5 rings (SSSR count). The van der Waals surface area contributed by atoms with Crippen molar-refractivity contribution in [2.75, 3.05) is 0 Å². The monoisotopic (exact) mass is 390 g/mol. The number of benzene rings is 5. The maximum absolute atomic E-state index is 11.0. The molecule has 0 fully saturated rings. The fourth-order valence-corrected chi connectivity index (χ4v) is 4.29. The van der Waals surface area contributed by atoms with Gasteiger partial charge in [-0.3, -0.25) is 0 Å². The van der Waals surface area contributed by atoms with Crippen LogP contribution in [0.15, 0.2) is 84.9 Å². The highest BCUT2D eigenvalue weighted by atomic mass is 16.3. The normalized spacial score (nSPS) is 11.3. The summed E-state index contributed by atoms with van der Waals surface area (Å²) < 4.78 is 0.